The molecule has 0 bridgehead atoms. The van der Waals surface area contributed by atoms with Gasteiger partial charge in [-0.1, -0.05) is 15.9 Å². The molecule has 3 N–H and O–H groups in total. The SMILES string of the molecule is O=c1c2[nH]c3ccc(Br)cc3c2ncn1NCCO. The molecule has 0 unspecified atom stereocenters. The third-order valence-corrected chi connectivity index (χ3v) is 3.36. The van der Waals surface area contributed by atoms with Gasteiger partial charge in [-0.2, -0.15) is 0 Å². The van der Waals surface area contributed by atoms with Gasteiger partial charge < -0.3 is 15.5 Å². The number of fused-ring (bicyclic) bond motifs is 3. The van der Waals surface area contributed by atoms with E-state index in [4.69, 9.17) is 5.11 Å². The van der Waals surface area contributed by atoms with Gasteiger partial charge in [0.1, 0.15) is 17.4 Å². The quantitative estimate of drug-likeness (QED) is 0.676. The molecule has 0 fully saturated rings. The number of aliphatic hydroxyl groups is 1. The number of halogens is 1. The van der Waals surface area contributed by atoms with Gasteiger partial charge in [-0.05, 0) is 18.2 Å². The number of hydrogen-bond acceptors (Lipinski definition) is 4. The molecule has 0 spiro atoms. The summed E-state index contributed by atoms with van der Waals surface area (Å²) in [6.07, 6.45) is 1.43. The van der Waals surface area contributed by atoms with Crippen molar-refractivity contribution in [3.05, 3.63) is 39.4 Å². The highest BCUT2D eigenvalue weighted by molar-refractivity contribution is 9.10. The lowest BCUT2D eigenvalue weighted by Crippen LogP contribution is -2.30. The van der Waals surface area contributed by atoms with Gasteiger partial charge in [0.05, 0.1) is 13.2 Å². The first-order chi connectivity index (χ1) is 9.20. The molecule has 19 heavy (non-hydrogen) atoms. The Morgan fingerprint density at radius 2 is 2.32 bits per heavy atom. The topological polar surface area (TPSA) is 82.9 Å². The van der Waals surface area contributed by atoms with Crippen molar-refractivity contribution in [2.75, 3.05) is 18.6 Å². The Labute approximate surface area is 116 Å². The van der Waals surface area contributed by atoms with E-state index in [9.17, 15) is 4.79 Å². The molecule has 0 aliphatic carbocycles. The first-order valence-corrected chi connectivity index (χ1v) is 6.53. The molecule has 0 aliphatic rings. The van der Waals surface area contributed by atoms with E-state index in [-0.39, 0.29) is 12.2 Å². The summed E-state index contributed by atoms with van der Waals surface area (Å²) in [5.74, 6) is 0. The largest absolute Gasteiger partial charge is 0.394 e. The third-order valence-electron chi connectivity index (χ3n) is 2.86. The summed E-state index contributed by atoms with van der Waals surface area (Å²) in [4.78, 5) is 19.6. The predicted molar refractivity (Wildman–Crippen MR) is 76.9 cm³/mol. The summed E-state index contributed by atoms with van der Waals surface area (Å²) in [6.45, 7) is 0.239. The maximum atomic E-state index is 12.2. The van der Waals surface area contributed by atoms with E-state index in [0.717, 1.165) is 15.4 Å². The van der Waals surface area contributed by atoms with E-state index < -0.39 is 0 Å². The van der Waals surface area contributed by atoms with Crippen molar-refractivity contribution < 1.29 is 5.11 Å². The number of nitrogens with zero attached hydrogens (tertiary/aromatic N) is 2. The Hall–Kier alpha value is -1.86. The summed E-state index contributed by atoms with van der Waals surface area (Å²) in [5.41, 5.74) is 4.51. The first-order valence-electron chi connectivity index (χ1n) is 5.74. The van der Waals surface area contributed by atoms with Crippen molar-refractivity contribution in [1.29, 1.82) is 0 Å². The molecule has 0 amide bonds. The first kappa shape index (κ1) is 12.2. The number of rotatable bonds is 3. The monoisotopic (exact) mass is 322 g/mol. The third kappa shape index (κ3) is 2.00. The standard InChI is InChI=1S/C12H11BrN4O2/c13-7-1-2-9-8(5-7)10-11(16-9)12(19)17(6-14-10)15-3-4-18/h1-2,5-6,15-16,18H,3-4H2. The Bertz CT molecular complexity index is 808. The fourth-order valence-corrected chi connectivity index (χ4v) is 2.37. The van der Waals surface area contributed by atoms with E-state index in [0.29, 0.717) is 17.6 Å². The predicted octanol–water partition coefficient (Wildman–Crippen LogP) is 1.18. The second-order valence-electron chi connectivity index (χ2n) is 4.09. The van der Waals surface area contributed by atoms with Gasteiger partial charge in [0.15, 0.2) is 0 Å². The highest BCUT2D eigenvalue weighted by Crippen LogP contribution is 2.24. The van der Waals surface area contributed by atoms with Crippen LogP contribution in [0.1, 0.15) is 0 Å². The minimum Gasteiger partial charge on any atom is -0.394 e. The molecule has 0 radical (unpaired) electrons. The number of aliphatic hydroxyl groups excluding tert-OH is 1. The molecule has 3 rings (SSSR count). The van der Waals surface area contributed by atoms with Gasteiger partial charge in [0.2, 0.25) is 0 Å². The van der Waals surface area contributed by atoms with Crippen molar-refractivity contribution in [3.63, 3.8) is 0 Å². The molecule has 2 heterocycles. The second-order valence-corrected chi connectivity index (χ2v) is 5.01. The van der Waals surface area contributed by atoms with E-state index in [2.05, 4.69) is 31.3 Å². The lowest BCUT2D eigenvalue weighted by atomic mass is 10.2. The maximum Gasteiger partial charge on any atom is 0.296 e. The molecule has 0 saturated carbocycles. The molecule has 0 aliphatic heterocycles. The molecule has 0 saturated heterocycles. The van der Waals surface area contributed by atoms with Crippen LogP contribution in [0.4, 0.5) is 0 Å². The minimum atomic E-state index is -0.217. The van der Waals surface area contributed by atoms with Crippen molar-refractivity contribution in [1.82, 2.24) is 14.6 Å². The summed E-state index contributed by atoms with van der Waals surface area (Å²) in [5, 5.41) is 9.66. The van der Waals surface area contributed by atoms with Crippen LogP contribution in [0.3, 0.4) is 0 Å². The molecule has 6 nitrogen and oxygen atoms in total. The van der Waals surface area contributed by atoms with E-state index in [1.54, 1.807) is 0 Å². The molecule has 98 valence electrons. The Balaban J connectivity index is 2.26. The minimum absolute atomic E-state index is 0.0515. The van der Waals surface area contributed by atoms with E-state index in [1.807, 2.05) is 18.2 Å². The summed E-state index contributed by atoms with van der Waals surface area (Å²) < 4.78 is 2.20. The van der Waals surface area contributed by atoms with Crippen LogP contribution < -0.4 is 11.0 Å². The smallest absolute Gasteiger partial charge is 0.296 e. The van der Waals surface area contributed by atoms with Crippen LogP contribution in [0.25, 0.3) is 21.9 Å². The molecule has 2 aromatic heterocycles. The number of benzene rings is 1. The van der Waals surface area contributed by atoms with Crippen LogP contribution >= 0.6 is 15.9 Å². The molecular formula is C12H11BrN4O2. The van der Waals surface area contributed by atoms with Crippen molar-refractivity contribution in [2.45, 2.75) is 0 Å². The van der Waals surface area contributed by atoms with Gasteiger partial charge in [-0.3, -0.25) is 4.79 Å². The number of aromatic nitrogens is 3. The van der Waals surface area contributed by atoms with Gasteiger partial charge in [-0.15, -0.1) is 0 Å². The van der Waals surface area contributed by atoms with Crippen LogP contribution in [0, 0.1) is 0 Å². The van der Waals surface area contributed by atoms with Crippen LogP contribution in [0.2, 0.25) is 0 Å². The zero-order valence-corrected chi connectivity index (χ0v) is 11.4. The van der Waals surface area contributed by atoms with E-state index in [1.165, 1.54) is 11.0 Å². The average Bonchev–Trinajstić information content (AvgIpc) is 2.77. The van der Waals surface area contributed by atoms with Crippen LogP contribution in [-0.4, -0.2) is 32.9 Å². The number of H-pyrrole nitrogens is 1. The highest BCUT2D eigenvalue weighted by Gasteiger charge is 2.10. The van der Waals surface area contributed by atoms with E-state index >= 15 is 0 Å². The number of aromatic amines is 1. The average molecular weight is 323 g/mol. The second kappa shape index (κ2) is 4.67. The fourth-order valence-electron chi connectivity index (χ4n) is 2.01. The van der Waals surface area contributed by atoms with Crippen molar-refractivity contribution in [3.8, 4) is 0 Å². The van der Waals surface area contributed by atoms with Gasteiger partial charge in [0.25, 0.3) is 5.56 Å². The maximum absolute atomic E-state index is 12.2. The molecular weight excluding hydrogens is 312 g/mol. The highest BCUT2D eigenvalue weighted by atomic mass is 79.9. The number of nitrogens with one attached hydrogen (secondary N) is 2. The zero-order valence-electron chi connectivity index (χ0n) is 9.85. The van der Waals surface area contributed by atoms with Crippen molar-refractivity contribution >= 4 is 37.9 Å². The van der Waals surface area contributed by atoms with Gasteiger partial charge in [0, 0.05) is 15.4 Å². The van der Waals surface area contributed by atoms with Crippen LogP contribution in [-0.2, 0) is 0 Å². The van der Waals surface area contributed by atoms with Gasteiger partial charge in [-0.25, -0.2) is 9.66 Å². The summed E-state index contributed by atoms with van der Waals surface area (Å²) in [6, 6.07) is 5.72. The van der Waals surface area contributed by atoms with Crippen LogP contribution in [0.15, 0.2) is 33.8 Å². The normalized spacial score (nSPS) is 11.3. The fraction of sp³-hybridized carbons (Fsp3) is 0.167. The molecule has 1 aromatic carbocycles. The Morgan fingerprint density at radius 3 is 3.11 bits per heavy atom. The molecule has 7 heteroatoms. The Kier molecular flexibility index (Phi) is 3.00. The molecule has 3 aromatic rings. The lowest BCUT2D eigenvalue weighted by molar-refractivity contribution is 0.306. The summed E-state index contributed by atoms with van der Waals surface area (Å²) >= 11 is 3.40. The number of hydrogen-bond donors (Lipinski definition) is 3. The lowest BCUT2D eigenvalue weighted by Gasteiger charge is -2.06. The van der Waals surface area contributed by atoms with Gasteiger partial charge >= 0.3 is 0 Å². The summed E-state index contributed by atoms with van der Waals surface area (Å²) in [7, 11) is 0. The Morgan fingerprint density at radius 1 is 1.47 bits per heavy atom. The molecule has 0 atom stereocenters. The zero-order chi connectivity index (χ0) is 13.4. The van der Waals surface area contributed by atoms with Crippen LogP contribution in [0.5, 0.6) is 0 Å². The van der Waals surface area contributed by atoms with Crippen molar-refractivity contribution in [2.24, 2.45) is 0 Å².